The molecule has 3 N–H and O–H groups in total. The molecule has 2 aromatic rings. The van der Waals surface area contributed by atoms with Gasteiger partial charge in [0.25, 0.3) is 0 Å². The lowest BCUT2D eigenvalue weighted by Crippen LogP contribution is -2.46. The van der Waals surface area contributed by atoms with E-state index >= 15 is 0 Å². The summed E-state index contributed by atoms with van der Waals surface area (Å²) >= 11 is 0. The third-order valence-corrected chi connectivity index (χ3v) is 5.13. The van der Waals surface area contributed by atoms with Crippen LogP contribution in [0.15, 0.2) is 59.6 Å². The number of halogens is 1. The van der Waals surface area contributed by atoms with Crippen molar-refractivity contribution in [3.8, 4) is 5.75 Å². The lowest BCUT2D eigenvalue weighted by molar-refractivity contribution is 0.127. The largest absolute Gasteiger partial charge is 0.491 e. The van der Waals surface area contributed by atoms with Crippen molar-refractivity contribution in [1.29, 1.82) is 0 Å². The van der Waals surface area contributed by atoms with E-state index in [0.29, 0.717) is 5.96 Å². The molecule has 0 spiro atoms. The van der Waals surface area contributed by atoms with E-state index in [-0.39, 0.29) is 30.1 Å². The maximum absolute atomic E-state index is 6.02. The van der Waals surface area contributed by atoms with Gasteiger partial charge >= 0.3 is 0 Å². The molecule has 1 saturated heterocycles. The maximum Gasteiger partial charge on any atom is 0.193 e. The van der Waals surface area contributed by atoms with Gasteiger partial charge in [-0.2, -0.15) is 0 Å². The molecule has 0 bridgehead atoms. The molecule has 1 fully saturated rings. The van der Waals surface area contributed by atoms with Crippen LogP contribution in [0.5, 0.6) is 5.75 Å². The van der Waals surface area contributed by atoms with Gasteiger partial charge in [0.05, 0.1) is 6.10 Å². The van der Waals surface area contributed by atoms with Crippen LogP contribution in [0.25, 0.3) is 0 Å². The number of nitrogens with zero attached hydrogens (tertiary/aromatic N) is 3. The van der Waals surface area contributed by atoms with Gasteiger partial charge in [-0.1, -0.05) is 30.3 Å². The summed E-state index contributed by atoms with van der Waals surface area (Å²) in [4.78, 5) is 9.51. The highest BCUT2D eigenvalue weighted by molar-refractivity contribution is 14.0. The monoisotopic (exact) mass is 537 g/mol. The average molecular weight is 537 g/mol. The van der Waals surface area contributed by atoms with Crippen molar-refractivity contribution in [2.75, 3.05) is 44.6 Å². The van der Waals surface area contributed by atoms with E-state index < -0.39 is 0 Å². The fourth-order valence-corrected chi connectivity index (χ4v) is 3.58. The number of anilines is 1. The molecule has 0 unspecified atom stereocenters. The molecule has 2 aromatic carbocycles. The second-order valence-corrected chi connectivity index (χ2v) is 8.04. The summed E-state index contributed by atoms with van der Waals surface area (Å²) in [5, 5.41) is 3.14. The van der Waals surface area contributed by atoms with Gasteiger partial charge in [0, 0.05) is 51.5 Å². The molecule has 0 radical (unpaired) electrons. The lowest BCUT2D eigenvalue weighted by atomic mass is 10.2. The van der Waals surface area contributed by atoms with E-state index in [1.807, 2.05) is 38.1 Å². The Morgan fingerprint density at radius 2 is 1.65 bits per heavy atom. The quantitative estimate of drug-likeness (QED) is 0.219. The summed E-state index contributed by atoms with van der Waals surface area (Å²) < 4.78 is 5.65. The zero-order chi connectivity index (χ0) is 21.2. The second-order valence-electron chi connectivity index (χ2n) is 8.04. The average Bonchev–Trinajstić information content (AvgIpc) is 2.74. The van der Waals surface area contributed by atoms with Crippen LogP contribution in [0.3, 0.4) is 0 Å². The van der Waals surface area contributed by atoms with Gasteiger partial charge in [-0.05, 0) is 50.1 Å². The first-order valence-electron chi connectivity index (χ1n) is 10.9. The Bertz CT molecular complexity index is 774. The van der Waals surface area contributed by atoms with Crippen molar-refractivity contribution in [3.05, 3.63) is 60.2 Å². The van der Waals surface area contributed by atoms with Crippen LogP contribution >= 0.6 is 24.0 Å². The lowest BCUT2D eigenvalue weighted by Gasteiger charge is -2.34. The molecule has 0 aromatic heterocycles. The first kappa shape index (κ1) is 25.4. The Morgan fingerprint density at radius 1 is 1.00 bits per heavy atom. The molecule has 0 atom stereocenters. The molecular weight excluding hydrogens is 501 g/mol. The van der Waals surface area contributed by atoms with Gasteiger partial charge in [0.2, 0.25) is 0 Å². The van der Waals surface area contributed by atoms with Crippen molar-refractivity contribution < 1.29 is 4.74 Å². The summed E-state index contributed by atoms with van der Waals surface area (Å²) in [7, 11) is 0. The minimum absolute atomic E-state index is 0. The Balaban J connectivity index is 0.00000341. The van der Waals surface area contributed by atoms with Crippen LogP contribution < -0.4 is 15.8 Å². The number of ether oxygens (including phenoxy) is 1. The minimum atomic E-state index is 0. The number of rotatable bonds is 9. The predicted molar refractivity (Wildman–Crippen MR) is 141 cm³/mol. The van der Waals surface area contributed by atoms with Gasteiger partial charge in [0.1, 0.15) is 5.75 Å². The van der Waals surface area contributed by atoms with Crippen molar-refractivity contribution >= 4 is 35.6 Å². The van der Waals surface area contributed by atoms with E-state index in [1.165, 1.54) is 5.56 Å². The van der Waals surface area contributed by atoms with Crippen LogP contribution in [0, 0.1) is 0 Å². The van der Waals surface area contributed by atoms with E-state index in [0.717, 1.165) is 63.7 Å². The van der Waals surface area contributed by atoms with Gasteiger partial charge in [-0.15, -0.1) is 24.0 Å². The first-order chi connectivity index (χ1) is 14.6. The van der Waals surface area contributed by atoms with Crippen molar-refractivity contribution in [1.82, 2.24) is 9.80 Å². The second kappa shape index (κ2) is 13.5. The molecular formula is C24H36IN5O. The molecule has 3 rings (SSSR count). The van der Waals surface area contributed by atoms with Gasteiger partial charge in [0.15, 0.2) is 5.96 Å². The number of guanidine groups is 1. The summed E-state index contributed by atoms with van der Waals surface area (Å²) in [5.74, 6) is 1.31. The molecule has 1 aliphatic heterocycles. The first-order valence-corrected chi connectivity index (χ1v) is 10.9. The highest BCUT2D eigenvalue weighted by Gasteiger charge is 2.16. The van der Waals surface area contributed by atoms with Gasteiger partial charge in [-0.3, -0.25) is 9.89 Å². The molecule has 0 saturated carbocycles. The maximum atomic E-state index is 6.02. The predicted octanol–water partition coefficient (Wildman–Crippen LogP) is 4.03. The Kier molecular flexibility index (Phi) is 11.1. The number of nitrogens with two attached hydrogens (primary N) is 1. The number of nitrogens with one attached hydrogen (secondary N) is 1. The van der Waals surface area contributed by atoms with Crippen LogP contribution in [-0.2, 0) is 6.54 Å². The Morgan fingerprint density at radius 3 is 2.29 bits per heavy atom. The number of benzene rings is 2. The van der Waals surface area contributed by atoms with E-state index in [2.05, 4.69) is 50.4 Å². The van der Waals surface area contributed by atoms with Crippen molar-refractivity contribution in [2.45, 2.75) is 32.9 Å². The van der Waals surface area contributed by atoms with Crippen LogP contribution in [0.2, 0.25) is 0 Å². The molecule has 170 valence electrons. The van der Waals surface area contributed by atoms with Crippen molar-refractivity contribution in [2.24, 2.45) is 10.7 Å². The highest BCUT2D eigenvalue weighted by Crippen LogP contribution is 2.16. The van der Waals surface area contributed by atoms with E-state index in [1.54, 1.807) is 0 Å². The Labute approximate surface area is 203 Å². The number of piperazine rings is 1. The number of aliphatic imine (C=N–C) groups is 1. The molecule has 1 aliphatic rings. The molecule has 31 heavy (non-hydrogen) atoms. The van der Waals surface area contributed by atoms with Crippen LogP contribution in [-0.4, -0.2) is 61.1 Å². The normalized spacial score (nSPS) is 15.5. The van der Waals surface area contributed by atoms with E-state index in [4.69, 9.17) is 10.5 Å². The van der Waals surface area contributed by atoms with Crippen molar-refractivity contribution in [3.63, 3.8) is 0 Å². The third-order valence-electron chi connectivity index (χ3n) is 5.13. The highest BCUT2D eigenvalue weighted by atomic mass is 127. The molecule has 7 heteroatoms. The molecule has 0 aliphatic carbocycles. The Hall–Kier alpha value is -1.84. The summed E-state index contributed by atoms with van der Waals surface area (Å²) in [6.07, 6.45) is 1.18. The number of hydrogen-bond acceptors (Lipinski definition) is 4. The smallest absolute Gasteiger partial charge is 0.193 e. The summed E-state index contributed by atoms with van der Waals surface area (Å²) in [6, 6.07) is 18.5. The molecule has 1 heterocycles. The minimum Gasteiger partial charge on any atom is -0.491 e. The number of hydrogen-bond donors (Lipinski definition) is 2. The SMILES string of the molecule is CC(C)Oc1ccc(NC(N)=NCCCN2CCN(Cc3ccccc3)CC2)cc1.I. The fourth-order valence-electron chi connectivity index (χ4n) is 3.58. The molecule has 6 nitrogen and oxygen atoms in total. The zero-order valence-corrected chi connectivity index (χ0v) is 21.0. The third kappa shape index (κ3) is 9.45. The standard InChI is InChI=1S/C24H35N5O.HI/c1-20(2)30-23-11-9-22(10-12-23)27-24(25)26-13-6-14-28-15-17-29(18-16-28)19-21-7-4-3-5-8-21;/h3-5,7-12,20H,6,13-19H2,1-2H3,(H3,25,26,27);1H. The van der Waals surface area contributed by atoms with Gasteiger partial charge in [-0.25, -0.2) is 0 Å². The summed E-state index contributed by atoms with van der Waals surface area (Å²) in [6.45, 7) is 11.4. The van der Waals surface area contributed by atoms with Crippen LogP contribution in [0.1, 0.15) is 25.8 Å². The van der Waals surface area contributed by atoms with Crippen LogP contribution in [0.4, 0.5) is 5.69 Å². The molecule has 0 amide bonds. The summed E-state index contributed by atoms with van der Waals surface area (Å²) in [5.41, 5.74) is 8.33. The zero-order valence-electron chi connectivity index (χ0n) is 18.7. The fraction of sp³-hybridized carbons (Fsp3) is 0.458. The van der Waals surface area contributed by atoms with Gasteiger partial charge < -0.3 is 20.7 Å². The van der Waals surface area contributed by atoms with E-state index in [9.17, 15) is 0 Å². The topological polar surface area (TPSA) is 66.1 Å².